The third-order valence-corrected chi connectivity index (χ3v) is 4.51. The van der Waals surface area contributed by atoms with Crippen molar-refractivity contribution in [3.05, 3.63) is 59.9 Å². The van der Waals surface area contributed by atoms with Gasteiger partial charge in [0.25, 0.3) is 0 Å². The molecule has 0 atom stereocenters. The van der Waals surface area contributed by atoms with Crippen molar-refractivity contribution in [2.45, 2.75) is 13.0 Å². The number of aromatic nitrogens is 1. The Morgan fingerprint density at radius 1 is 1.20 bits per heavy atom. The summed E-state index contributed by atoms with van der Waals surface area (Å²) in [7, 11) is -3.96. The fourth-order valence-electron chi connectivity index (χ4n) is 2.17. The van der Waals surface area contributed by atoms with Gasteiger partial charge in [0.2, 0.25) is 15.9 Å². The molecule has 134 valence electrons. The van der Waals surface area contributed by atoms with Gasteiger partial charge in [0.05, 0.1) is 6.26 Å². The zero-order chi connectivity index (χ0) is 18.4. The maximum absolute atomic E-state index is 13.9. The molecule has 6 nitrogen and oxygen atoms in total. The lowest BCUT2D eigenvalue weighted by molar-refractivity contribution is -0.121. The van der Waals surface area contributed by atoms with Crippen LogP contribution in [0, 0.1) is 11.6 Å². The van der Waals surface area contributed by atoms with Gasteiger partial charge in [-0.1, -0.05) is 12.1 Å². The number of nitrogens with zero attached hydrogens (tertiary/aromatic N) is 2. The minimum Gasteiger partial charge on any atom is -0.352 e. The van der Waals surface area contributed by atoms with E-state index in [1.54, 1.807) is 24.5 Å². The quantitative estimate of drug-likeness (QED) is 0.808. The number of carbonyl (C=O) groups is 1. The average Bonchev–Trinajstić information content (AvgIpc) is 2.55. The van der Waals surface area contributed by atoms with E-state index in [4.69, 9.17) is 0 Å². The van der Waals surface area contributed by atoms with Crippen LogP contribution >= 0.6 is 0 Å². The molecule has 0 saturated carbocycles. The van der Waals surface area contributed by atoms with E-state index < -0.39 is 33.3 Å². The largest absolute Gasteiger partial charge is 0.352 e. The van der Waals surface area contributed by atoms with Gasteiger partial charge >= 0.3 is 0 Å². The second-order valence-corrected chi connectivity index (χ2v) is 7.20. The Labute approximate surface area is 144 Å². The topological polar surface area (TPSA) is 79.4 Å². The SMILES string of the molecule is CS(=O)(=O)N(CCC(=O)NCc1cccnc1)c1c(F)cccc1F. The Kier molecular flexibility index (Phi) is 6.02. The molecular formula is C16H17F2N3O3S. The summed E-state index contributed by atoms with van der Waals surface area (Å²) >= 11 is 0. The molecule has 0 aliphatic rings. The number of benzene rings is 1. The summed E-state index contributed by atoms with van der Waals surface area (Å²) in [5.74, 6) is -2.48. The number of halogens is 2. The predicted octanol–water partition coefficient (Wildman–Crippen LogP) is 1.83. The van der Waals surface area contributed by atoms with Crippen LogP contribution < -0.4 is 9.62 Å². The number of rotatable bonds is 7. The fraction of sp³-hybridized carbons (Fsp3) is 0.250. The lowest BCUT2D eigenvalue weighted by Gasteiger charge is -2.23. The number of nitrogens with one attached hydrogen (secondary N) is 1. The summed E-state index contributed by atoms with van der Waals surface area (Å²) in [6.45, 7) is -0.158. The molecule has 0 fully saturated rings. The molecule has 0 radical (unpaired) electrons. The normalized spacial score (nSPS) is 11.2. The first-order chi connectivity index (χ1) is 11.8. The summed E-state index contributed by atoms with van der Waals surface area (Å²) in [6.07, 6.45) is 3.75. The van der Waals surface area contributed by atoms with Gasteiger partial charge in [-0.25, -0.2) is 17.2 Å². The molecule has 2 rings (SSSR count). The maximum atomic E-state index is 13.9. The van der Waals surface area contributed by atoms with Crippen molar-refractivity contribution >= 4 is 21.6 Å². The Bertz CT molecular complexity index is 825. The third kappa shape index (κ3) is 5.21. The number of anilines is 1. The highest BCUT2D eigenvalue weighted by molar-refractivity contribution is 7.92. The number of amides is 1. The molecule has 1 amide bonds. The number of pyridine rings is 1. The molecule has 1 N–H and O–H groups in total. The fourth-order valence-corrected chi connectivity index (χ4v) is 3.09. The van der Waals surface area contributed by atoms with E-state index in [1.165, 1.54) is 0 Å². The highest BCUT2D eigenvalue weighted by Gasteiger charge is 2.24. The van der Waals surface area contributed by atoms with Gasteiger partial charge in [0.15, 0.2) is 11.6 Å². The molecule has 0 spiro atoms. The molecule has 0 bridgehead atoms. The van der Waals surface area contributed by atoms with Crippen LogP contribution in [0.5, 0.6) is 0 Å². The molecule has 1 heterocycles. The Morgan fingerprint density at radius 3 is 2.44 bits per heavy atom. The van der Waals surface area contributed by atoms with Gasteiger partial charge in [-0.2, -0.15) is 0 Å². The minimum absolute atomic E-state index is 0.222. The molecule has 0 aliphatic carbocycles. The lowest BCUT2D eigenvalue weighted by Crippen LogP contribution is -2.35. The zero-order valence-electron chi connectivity index (χ0n) is 13.4. The number of carbonyl (C=O) groups excluding carboxylic acids is 1. The van der Waals surface area contributed by atoms with Gasteiger partial charge in [0.1, 0.15) is 5.69 Å². The molecule has 1 aromatic carbocycles. The van der Waals surface area contributed by atoms with Crippen LogP contribution in [0.2, 0.25) is 0 Å². The Hall–Kier alpha value is -2.55. The average molecular weight is 369 g/mol. The molecule has 0 unspecified atom stereocenters. The van der Waals surface area contributed by atoms with Crippen molar-refractivity contribution in [1.29, 1.82) is 0 Å². The molecular weight excluding hydrogens is 352 g/mol. The van der Waals surface area contributed by atoms with Crippen LogP contribution in [-0.4, -0.2) is 32.1 Å². The second kappa shape index (κ2) is 8.02. The van der Waals surface area contributed by atoms with Crippen LogP contribution in [0.4, 0.5) is 14.5 Å². The first-order valence-electron chi connectivity index (χ1n) is 7.36. The van der Waals surface area contributed by atoms with Gasteiger partial charge < -0.3 is 5.32 Å². The van der Waals surface area contributed by atoms with Crippen molar-refractivity contribution < 1.29 is 22.0 Å². The van der Waals surface area contributed by atoms with Gasteiger partial charge in [0, 0.05) is 31.9 Å². The summed E-state index contributed by atoms with van der Waals surface area (Å²) in [5, 5.41) is 2.60. The van der Waals surface area contributed by atoms with Gasteiger partial charge in [-0.05, 0) is 23.8 Å². The van der Waals surface area contributed by atoms with E-state index in [1.807, 2.05) is 0 Å². The molecule has 2 aromatic rings. The van der Waals surface area contributed by atoms with Crippen molar-refractivity contribution in [3.8, 4) is 0 Å². The summed E-state index contributed by atoms with van der Waals surface area (Å²) in [5.41, 5.74) is 0.0843. The monoisotopic (exact) mass is 369 g/mol. The van der Waals surface area contributed by atoms with Crippen LogP contribution in [0.3, 0.4) is 0 Å². The molecule has 0 aliphatic heterocycles. The van der Waals surface area contributed by atoms with Crippen molar-refractivity contribution in [3.63, 3.8) is 0 Å². The van der Waals surface area contributed by atoms with Crippen molar-refractivity contribution in [2.24, 2.45) is 0 Å². The molecule has 0 saturated heterocycles. The Balaban J connectivity index is 2.05. The lowest BCUT2D eigenvalue weighted by atomic mass is 10.2. The second-order valence-electron chi connectivity index (χ2n) is 5.29. The van der Waals surface area contributed by atoms with Crippen LogP contribution in [0.1, 0.15) is 12.0 Å². The Morgan fingerprint density at radius 2 is 1.88 bits per heavy atom. The van der Waals surface area contributed by atoms with Crippen molar-refractivity contribution in [2.75, 3.05) is 17.1 Å². The molecule has 25 heavy (non-hydrogen) atoms. The summed E-state index contributed by atoms with van der Waals surface area (Å²) < 4.78 is 52.1. The highest BCUT2D eigenvalue weighted by atomic mass is 32.2. The van der Waals surface area contributed by atoms with Crippen LogP contribution in [-0.2, 0) is 21.4 Å². The maximum Gasteiger partial charge on any atom is 0.232 e. The smallest absolute Gasteiger partial charge is 0.232 e. The van der Waals surface area contributed by atoms with E-state index in [2.05, 4.69) is 10.3 Å². The molecule has 9 heteroatoms. The van der Waals surface area contributed by atoms with Gasteiger partial charge in [-0.3, -0.25) is 14.1 Å². The number of hydrogen-bond donors (Lipinski definition) is 1. The number of sulfonamides is 1. The zero-order valence-corrected chi connectivity index (χ0v) is 14.3. The summed E-state index contributed by atoms with van der Waals surface area (Å²) in [6, 6.07) is 6.53. The van der Waals surface area contributed by atoms with E-state index in [0.29, 0.717) is 4.31 Å². The minimum atomic E-state index is -3.96. The number of hydrogen-bond acceptors (Lipinski definition) is 4. The third-order valence-electron chi connectivity index (χ3n) is 3.34. The van der Waals surface area contributed by atoms with E-state index in [-0.39, 0.29) is 19.5 Å². The summed E-state index contributed by atoms with van der Waals surface area (Å²) in [4.78, 5) is 15.8. The predicted molar refractivity (Wildman–Crippen MR) is 89.2 cm³/mol. The number of para-hydroxylation sites is 1. The van der Waals surface area contributed by atoms with E-state index >= 15 is 0 Å². The highest BCUT2D eigenvalue weighted by Crippen LogP contribution is 2.25. The van der Waals surface area contributed by atoms with Crippen LogP contribution in [0.15, 0.2) is 42.7 Å². The van der Waals surface area contributed by atoms with E-state index in [9.17, 15) is 22.0 Å². The first-order valence-corrected chi connectivity index (χ1v) is 9.21. The van der Waals surface area contributed by atoms with Gasteiger partial charge in [-0.15, -0.1) is 0 Å². The standard InChI is InChI=1S/C16H17F2N3O3S/c1-25(23,24)21(16-13(17)5-2-6-14(16)18)9-7-15(22)20-11-12-4-3-8-19-10-12/h2-6,8,10H,7,9,11H2,1H3,(H,20,22). The van der Waals surface area contributed by atoms with Crippen molar-refractivity contribution in [1.82, 2.24) is 10.3 Å². The van der Waals surface area contributed by atoms with Crippen LogP contribution in [0.25, 0.3) is 0 Å². The molecule has 1 aromatic heterocycles. The van der Waals surface area contributed by atoms with E-state index in [0.717, 1.165) is 30.0 Å². The first kappa shape index (κ1) is 18.8.